The van der Waals surface area contributed by atoms with Crippen LogP contribution in [0.3, 0.4) is 0 Å². The van der Waals surface area contributed by atoms with Gasteiger partial charge < -0.3 is 24.9 Å². The number of aryl methyl sites for hydroxylation is 1. The quantitative estimate of drug-likeness (QED) is 0.392. The third-order valence-electron chi connectivity index (χ3n) is 5.81. The predicted octanol–water partition coefficient (Wildman–Crippen LogP) is 3.27. The molecule has 10 heteroatoms. The first kappa shape index (κ1) is 19.6. The molecule has 0 saturated carbocycles. The smallest absolute Gasteiger partial charge is 0.229 e. The number of rotatable bonds is 4. The van der Waals surface area contributed by atoms with E-state index in [-0.39, 0.29) is 5.82 Å². The van der Waals surface area contributed by atoms with Gasteiger partial charge in [0.2, 0.25) is 5.95 Å². The summed E-state index contributed by atoms with van der Waals surface area (Å²) >= 11 is 0. The van der Waals surface area contributed by atoms with Gasteiger partial charge in [-0.2, -0.15) is 4.98 Å². The van der Waals surface area contributed by atoms with Crippen LogP contribution in [0.2, 0.25) is 0 Å². The van der Waals surface area contributed by atoms with Crippen LogP contribution in [-0.2, 0) is 0 Å². The topological polar surface area (TPSA) is 99.1 Å². The highest BCUT2D eigenvalue weighted by Crippen LogP contribution is 2.29. The number of nitrogens with zero attached hydrogens (tertiary/aromatic N) is 6. The van der Waals surface area contributed by atoms with Gasteiger partial charge in [0, 0.05) is 67.5 Å². The summed E-state index contributed by atoms with van der Waals surface area (Å²) in [5.41, 5.74) is 4.10. The maximum absolute atomic E-state index is 14.6. The lowest BCUT2D eigenvalue weighted by atomic mass is 10.1. The van der Waals surface area contributed by atoms with Crippen molar-refractivity contribution in [3.63, 3.8) is 0 Å². The van der Waals surface area contributed by atoms with Crippen LogP contribution in [0.5, 0.6) is 0 Å². The highest BCUT2D eigenvalue weighted by Gasteiger charge is 2.14. The van der Waals surface area contributed by atoms with E-state index in [2.05, 4.69) is 40.5 Å². The molecule has 6 rings (SSSR count). The number of aromatic amines is 1. The molecule has 0 spiro atoms. The molecule has 166 valence electrons. The molecule has 0 unspecified atom stereocenters. The van der Waals surface area contributed by atoms with Crippen molar-refractivity contribution in [2.45, 2.75) is 6.92 Å². The summed E-state index contributed by atoms with van der Waals surface area (Å²) in [5, 5.41) is 7.35. The van der Waals surface area contributed by atoms with Crippen molar-refractivity contribution in [2.75, 3.05) is 36.4 Å². The van der Waals surface area contributed by atoms with Crippen molar-refractivity contribution >= 4 is 34.1 Å². The predicted molar refractivity (Wildman–Crippen MR) is 125 cm³/mol. The van der Waals surface area contributed by atoms with Gasteiger partial charge in [-0.25, -0.2) is 19.3 Å². The van der Waals surface area contributed by atoms with Crippen molar-refractivity contribution in [2.24, 2.45) is 0 Å². The lowest BCUT2D eigenvalue weighted by molar-refractivity contribution is 0.585. The molecule has 5 aromatic heterocycles. The molecule has 0 bridgehead atoms. The first-order chi connectivity index (χ1) is 16.1. The van der Waals surface area contributed by atoms with Gasteiger partial charge in [0.15, 0.2) is 11.5 Å². The van der Waals surface area contributed by atoms with Gasteiger partial charge in [-0.05, 0) is 25.1 Å². The number of hydrogen-bond donors (Lipinski definition) is 3. The minimum absolute atomic E-state index is 0.315. The Morgan fingerprint density at radius 3 is 2.76 bits per heavy atom. The molecule has 0 radical (unpaired) electrons. The van der Waals surface area contributed by atoms with Crippen LogP contribution >= 0.6 is 0 Å². The average molecular weight is 443 g/mol. The van der Waals surface area contributed by atoms with Crippen molar-refractivity contribution in [3.05, 3.63) is 60.7 Å². The fraction of sp³-hybridized carbons (Fsp3) is 0.217. The van der Waals surface area contributed by atoms with Gasteiger partial charge in [-0.3, -0.25) is 0 Å². The number of piperazine rings is 1. The molecule has 6 heterocycles. The zero-order chi connectivity index (χ0) is 22.4. The van der Waals surface area contributed by atoms with Crippen LogP contribution in [0, 0.1) is 12.7 Å². The van der Waals surface area contributed by atoms with Crippen molar-refractivity contribution in [1.29, 1.82) is 0 Å². The Morgan fingerprint density at radius 2 is 1.94 bits per heavy atom. The number of halogens is 1. The monoisotopic (exact) mass is 443 g/mol. The first-order valence-corrected chi connectivity index (χ1v) is 10.8. The van der Waals surface area contributed by atoms with Crippen LogP contribution in [-0.4, -0.2) is 55.5 Å². The number of hydrogen-bond acceptors (Lipinski definition) is 7. The number of pyridine rings is 2. The zero-order valence-corrected chi connectivity index (χ0v) is 18.0. The second-order valence-electron chi connectivity index (χ2n) is 8.12. The molecule has 1 fully saturated rings. The lowest BCUT2D eigenvalue weighted by Gasteiger charge is -2.28. The van der Waals surface area contributed by atoms with E-state index in [0.29, 0.717) is 17.2 Å². The molecule has 1 aliphatic heterocycles. The normalized spacial score (nSPS) is 14.3. The minimum atomic E-state index is -0.370. The van der Waals surface area contributed by atoms with Crippen LogP contribution in [0.4, 0.5) is 21.8 Å². The Labute approximate surface area is 188 Å². The molecule has 0 amide bonds. The number of aromatic nitrogens is 6. The van der Waals surface area contributed by atoms with Crippen LogP contribution in [0.1, 0.15) is 5.69 Å². The Morgan fingerprint density at radius 1 is 1.06 bits per heavy atom. The Balaban J connectivity index is 1.26. The van der Waals surface area contributed by atoms with E-state index in [1.807, 2.05) is 31.5 Å². The Bertz CT molecular complexity index is 1450. The van der Waals surface area contributed by atoms with E-state index in [1.165, 1.54) is 6.07 Å². The minimum Gasteiger partial charge on any atom is -0.354 e. The van der Waals surface area contributed by atoms with Crippen molar-refractivity contribution in [3.8, 4) is 11.1 Å². The summed E-state index contributed by atoms with van der Waals surface area (Å²) in [5.74, 6) is 1.05. The summed E-state index contributed by atoms with van der Waals surface area (Å²) in [6, 6.07) is 5.47. The number of nitrogens with one attached hydrogen (secondary N) is 3. The zero-order valence-electron chi connectivity index (χ0n) is 18.0. The summed E-state index contributed by atoms with van der Waals surface area (Å²) in [6.45, 7) is 5.68. The van der Waals surface area contributed by atoms with Gasteiger partial charge in [0.05, 0.1) is 17.6 Å². The van der Waals surface area contributed by atoms with Gasteiger partial charge in [-0.1, -0.05) is 0 Å². The second-order valence-corrected chi connectivity index (χ2v) is 8.12. The van der Waals surface area contributed by atoms with E-state index in [9.17, 15) is 4.39 Å². The van der Waals surface area contributed by atoms with Crippen LogP contribution in [0.25, 0.3) is 27.8 Å². The van der Waals surface area contributed by atoms with E-state index >= 15 is 0 Å². The van der Waals surface area contributed by atoms with Crippen molar-refractivity contribution in [1.82, 2.24) is 34.6 Å². The second kappa shape index (κ2) is 7.82. The Hall–Kier alpha value is -4.05. The molecule has 0 atom stereocenters. The largest absolute Gasteiger partial charge is 0.354 e. The van der Waals surface area contributed by atoms with E-state index in [1.54, 1.807) is 23.0 Å². The van der Waals surface area contributed by atoms with E-state index in [0.717, 1.165) is 59.9 Å². The van der Waals surface area contributed by atoms with E-state index < -0.39 is 0 Å². The maximum Gasteiger partial charge on any atom is 0.229 e. The standard InChI is InChI=1S/C23H22FN9/c1-14-12-33-13-15(8-19(24)22(33)29-14)17-10-27-21-18(17)11-28-23(31-21)30-16-2-3-20(26-9-16)32-6-4-25-5-7-32/h2-3,8-13,25H,4-7H2,1H3,(H2,27,28,30,31). The van der Waals surface area contributed by atoms with E-state index in [4.69, 9.17) is 0 Å². The fourth-order valence-electron chi connectivity index (χ4n) is 4.20. The molecule has 1 aliphatic rings. The number of fused-ring (bicyclic) bond motifs is 2. The van der Waals surface area contributed by atoms with Gasteiger partial charge in [0.1, 0.15) is 11.5 Å². The summed E-state index contributed by atoms with van der Waals surface area (Å²) < 4.78 is 16.3. The molecule has 0 aromatic carbocycles. The Kier molecular flexibility index (Phi) is 4.65. The molecule has 9 nitrogen and oxygen atoms in total. The average Bonchev–Trinajstić information content (AvgIpc) is 3.43. The molecular formula is C23H22FN9. The van der Waals surface area contributed by atoms with Gasteiger partial charge >= 0.3 is 0 Å². The van der Waals surface area contributed by atoms with Crippen LogP contribution in [0.15, 0.2) is 49.2 Å². The number of imidazole rings is 1. The summed E-state index contributed by atoms with van der Waals surface area (Å²) in [6.07, 6.45) is 9.00. The highest BCUT2D eigenvalue weighted by molar-refractivity contribution is 5.93. The molecular weight excluding hydrogens is 421 g/mol. The molecule has 0 aliphatic carbocycles. The molecule has 5 aromatic rings. The fourth-order valence-corrected chi connectivity index (χ4v) is 4.20. The summed E-state index contributed by atoms with van der Waals surface area (Å²) in [7, 11) is 0. The third-order valence-corrected chi connectivity index (χ3v) is 5.81. The molecule has 33 heavy (non-hydrogen) atoms. The maximum atomic E-state index is 14.6. The first-order valence-electron chi connectivity index (χ1n) is 10.8. The van der Waals surface area contributed by atoms with Gasteiger partial charge in [-0.15, -0.1) is 0 Å². The highest BCUT2D eigenvalue weighted by atomic mass is 19.1. The molecule has 1 saturated heterocycles. The van der Waals surface area contributed by atoms with Gasteiger partial charge in [0.25, 0.3) is 0 Å². The summed E-state index contributed by atoms with van der Waals surface area (Å²) in [4.78, 5) is 23.3. The molecule has 3 N–H and O–H groups in total. The number of H-pyrrole nitrogens is 1. The number of anilines is 3. The third kappa shape index (κ3) is 3.64. The lowest BCUT2D eigenvalue weighted by Crippen LogP contribution is -2.43. The van der Waals surface area contributed by atoms with Crippen LogP contribution < -0.4 is 15.5 Å². The van der Waals surface area contributed by atoms with Crippen molar-refractivity contribution < 1.29 is 4.39 Å². The SMILES string of the molecule is Cc1cn2cc(-c3c[nH]c4nc(Nc5ccc(N6CCNCC6)nc5)ncc34)cc(F)c2n1.